The number of nitrogens with one attached hydrogen (secondary N) is 1. The number of rotatable bonds is 5. The zero-order chi connectivity index (χ0) is 13.0. The summed E-state index contributed by atoms with van der Waals surface area (Å²) in [7, 11) is 0. The Morgan fingerprint density at radius 3 is 2.35 bits per heavy atom. The summed E-state index contributed by atoms with van der Waals surface area (Å²) in [4.78, 5) is 0. The molecule has 1 aromatic carbocycles. The molecule has 17 heavy (non-hydrogen) atoms. The molecule has 0 fully saturated rings. The van der Waals surface area contributed by atoms with Crippen LogP contribution in [0.15, 0.2) is 18.2 Å². The Hall–Kier alpha value is -0.960. The van der Waals surface area contributed by atoms with Crippen molar-refractivity contribution < 1.29 is 8.78 Å². The van der Waals surface area contributed by atoms with E-state index in [1.807, 2.05) is 13.8 Å². The lowest BCUT2D eigenvalue weighted by atomic mass is 9.86. The van der Waals surface area contributed by atoms with Gasteiger partial charge in [0.15, 0.2) is 0 Å². The van der Waals surface area contributed by atoms with Crippen molar-refractivity contribution in [3.63, 3.8) is 0 Å². The van der Waals surface area contributed by atoms with Gasteiger partial charge in [-0.05, 0) is 42.1 Å². The van der Waals surface area contributed by atoms with E-state index >= 15 is 0 Å². The Morgan fingerprint density at radius 1 is 1.18 bits per heavy atom. The second-order valence-electron chi connectivity index (χ2n) is 4.78. The van der Waals surface area contributed by atoms with Crippen molar-refractivity contribution in [1.29, 1.82) is 0 Å². The third-order valence-electron chi connectivity index (χ3n) is 3.15. The second kappa shape index (κ2) is 6.10. The highest BCUT2D eigenvalue weighted by Gasteiger charge is 2.23. The molecule has 0 aliphatic carbocycles. The molecule has 0 aliphatic heterocycles. The molecular weight excluding hydrogens is 220 g/mol. The highest BCUT2D eigenvalue weighted by Crippen LogP contribution is 2.26. The van der Waals surface area contributed by atoms with E-state index in [2.05, 4.69) is 19.2 Å². The second-order valence-corrected chi connectivity index (χ2v) is 4.78. The maximum absolute atomic E-state index is 13.7. The minimum Gasteiger partial charge on any atom is -0.313 e. The van der Waals surface area contributed by atoms with Crippen molar-refractivity contribution in [3.05, 3.63) is 35.4 Å². The Labute approximate surface area is 102 Å². The topological polar surface area (TPSA) is 12.0 Å². The van der Waals surface area contributed by atoms with Crippen molar-refractivity contribution in [2.45, 2.75) is 39.7 Å². The number of likely N-dealkylation sites (N-methyl/N-ethyl adjacent to an activating group) is 1. The van der Waals surface area contributed by atoms with Gasteiger partial charge >= 0.3 is 0 Å². The zero-order valence-corrected chi connectivity index (χ0v) is 10.9. The normalized spacial score (nSPS) is 15.0. The number of halogens is 2. The predicted octanol–water partition coefficient (Wildman–Crippen LogP) is 3.70. The molecule has 1 rings (SSSR count). The van der Waals surface area contributed by atoms with Gasteiger partial charge in [0.05, 0.1) is 0 Å². The fourth-order valence-corrected chi connectivity index (χ4v) is 2.28. The van der Waals surface area contributed by atoms with E-state index in [0.29, 0.717) is 11.5 Å². The van der Waals surface area contributed by atoms with Gasteiger partial charge in [0.1, 0.15) is 11.6 Å². The van der Waals surface area contributed by atoms with Crippen LogP contribution in [0.1, 0.15) is 39.2 Å². The first kappa shape index (κ1) is 14.1. The fraction of sp³-hybridized carbons (Fsp3) is 0.571. The highest BCUT2D eigenvalue weighted by molar-refractivity contribution is 5.24. The lowest BCUT2D eigenvalue weighted by molar-refractivity contribution is 0.353. The minimum absolute atomic E-state index is 0.0503. The average molecular weight is 241 g/mol. The molecule has 1 N–H and O–H groups in total. The van der Waals surface area contributed by atoms with Gasteiger partial charge < -0.3 is 5.32 Å². The van der Waals surface area contributed by atoms with Crippen LogP contribution in [0.5, 0.6) is 0 Å². The van der Waals surface area contributed by atoms with E-state index < -0.39 is 0 Å². The number of hydrogen-bond donors (Lipinski definition) is 1. The lowest BCUT2D eigenvalue weighted by Gasteiger charge is -2.29. The quantitative estimate of drug-likeness (QED) is 0.828. The highest BCUT2D eigenvalue weighted by atomic mass is 19.1. The van der Waals surface area contributed by atoms with E-state index in [1.54, 1.807) is 0 Å². The van der Waals surface area contributed by atoms with Gasteiger partial charge in [0.2, 0.25) is 0 Å². The summed E-state index contributed by atoms with van der Waals surface area (Å²) in [5, 5.41) is 3.34. The summed E-state index contributed by atoms with van der Waals surface area (Å²) in [6.07, 6.45) is 0. The van der Waals surface area contributed by atoms with Crippen LogP contribution in [0.4, 0.5) is 8.78 Å². The van der Waals surface area contributed by atoms with Crippen LogP contribution in [0.25, 0.3) is 0 Å². The van der Waals surface area contributed by atoms with Gasteiger partial charge in [-0.15, -0.1) is 0 Å². The maximum Gasteiger partial charge on any atom is 0.126 e. The Bertz CT molecular complexity index is 363. The van der Waals surface area contributed by atoms with Crippen LogP contribution >= 0.6 is 0 Å². The van der Waals surface area contributed by atoms with Gasteiger partial charge in [0.25, 0.3) is 0 Å². The SMILES string of the molecule is CCNC(C(C)C)C(C)c1cc(F)ccc1F. The molecule has 3 heteroatoms. The molecule has 1 nitrogen and oxygen atoms in total. The summed E-state index contributed by atoms with van der Waals surface area (Å²) in [6.45, 7) is 8.95. The van der Waals surface area contributed by atoms with E-state index in [1.165, 1.54) is 12.1 Å². The van der Waals surface area contributed by atoms with Crippen LogP contribution < -0.4 is 5.32 Å². The first-order valence-electron chi connectivity index (χ1n) is 6.15. The molecule has 0 heterocycles. The van der Waals surface area contributed by atoms with Gasteiger partial charge in [-0.3, -0.25) is 0 Å². The third-order valence-corrected chi connectivity index (χ3v) is 3.15. The predicted molar refractivity (Wildman–Crippen MR) is 67.1 cm³/mol. The van der Waals surface area contributed by atoms with E-state index in [0.717, 1.165) is 12.6 Å². The van der Waals surface area contributed by atoms with Crippen LogP contribution in [-0.2, 0) is 0 Å². The van der Waals surface area contributed by atoms with Crippen LogP contribution in [-0.4, -0.2) is 12.6 Å². The molecule has 0 radical (unpaired) electrons. The van der Waals surface area contributed by atoms with Crippen molar-refractivity contribution in [3.8, 4) is 0 Å². The van der Waals surface area contributed by atoms with Crippen molar-refractivity contribution in [2.75, 3.05) is 6.54 Å². The summed E-state index contributed by atoms with van der Waals surface area (Å²) >= 11 is 0. The number of benzene rings is 1. The Kier molecular flexibility index (Phi) is 5.06. The van der Waals surface area contributed by atoms with Crippen molar-refractivity contribution >= 4 is 0 Å². The van der Waals surface area contributed by atoms with Crippen LogP contribution in [0.2, 0.25) is 0 Å². The summed E-state index contributed by atoms with van der Waals surface area (Å²) in [5.74, 6) is -0.395. The monoisotopic (exact) mass is 241 g/mol. The van der Waals surface area contributed by atoms with E-state index in [9.17, 15) is 8.78 Å². The fourth-order valence-electron chi connectivity index (χ4n) is 2.28. The first-order valence-corrected chi connectivity index (χ1v) is 6.15. The molecule has 1 aromatic rings. The molecule has 0 amide bonds. The van der Waals surface area contributed by atoms with E-state index in [-0.39, 0.29) is 23.6 Å². The van der Waals surface area contributed by atoms with Crippen LogP contribution in [0, 0.1) is 17.6 Å². The average Bonchev–Trinajstić information content (AvgIpc) is 2.28. The molecule has 0 bridgehead atoms. The molecule has 0 aromatic heterocycles. The van der Waals surface area contributed by atoms with Crippen molar-refractivity contribution in [2.24, 2.45) is 5.92 Å². The summed E-state index contributed by atoms with van der Waals surface area (Å²) < 4.78 is 26.9. The summed E-state index contributed by atoms with van der Waals surface area (Å²) in [5.41, 5.74) is 0.449. The van der Waals surface area contributed by atoms with Gasteiger partial charge in [-0.2, -0.15) is 0 Å². The number of hydrogen-bond acceptors (Lipinski definition) is 1. The molecule has 0 saturated carbocycles. The maximum atomic E-state index is 13.7. The van der Waals surface area contributed by atoms with Gasteiger partial charge in [-0.25, -0.2) is 8.78 Å². The molecule has 0 saturated heterocycles. The molecule has 0 aliphatic rings. The van der Waals surface area contributed by atoms with Crippen molar-refractivity contribution in [1.82, 2.24) is 5.32 Å². The molecule has 96 valence electrons. The van der Waals surface area contributed by atoms with Gasteiger partial charge in [0, 0.05) is 6.04 Å². The third kappa shape index (κ3) is 3.50. The molecular formula is C14H21F2N. The Balaban J connectivity index is 2.99. The molecule has 2 unspecified atom stereocenters. The molecule has 0 spiro atoms. The van der Waals surface area contributed by atoms with Gasteiger partial charge in [-0.1, -0.05) is 27.7 Å². The smallest absolute Gasteiger partial charge is 0.126 e. The molecule has 2 atom stereocenters. The van der Waals surface area contributed by atoms with E-state index in [4.69, 9.17) is 0 Å². The lowest BCUT2D eigenvalue weighted by Crippen LogP contribution is -2.38. The largest absolute Gasteiger partial charge is 0.313 e. The van der Waals surface area contributed by atoms with Crippen LogP contribution in [0.3, 0.4) is 0 Å². The minimum atomic E-state index is -0.382. The standard InChI is InChI=1S/C14H21F2N/c1-5-17-14(9(2)3)10(4)12-8-11(15)6-7-13(12)16/h6-10,14,17H,5H2,1-4H3. The Morgan fingerprint density at radius 2 is 1.82 bits per heavy atom. The zero-order valence-electron chi connectivity index (χ0n) is 10.9. The summed E-state index contributed by atoms with van der Waals surface area (Å²) in [6, 6.07) is 3.80. The first-order chi connectivity index (χ1) is 7.97.